The van der Waals surface area contributed by atoms with Gasteiger partial charge in [0.2, 0.25) is 0 Å². The zero-order valence-corrected chi connectivity index (χ0v) is 13.2. The summed E-state index contributed by atoms with van der Waals surface area (Å²) in [5, 5.41) is 3.69. The first kappa shape index (κ1) is 13.9. The summed E-state index contributed by atoms with van der Waals surface area (Å²) in [5.74, 6) is 2.82. The lowest BCUT2D eigenvalue weighted by atomic mass is 9.84. The van der Waals surface area contributed by atoms with Crippen LogP contribution in [0.1, 0.15) is 43.7 Å². The predicted molar refractivity (Wildman–Crippen MR) is 89.1 cm³/mol. The quantitative estimate of drug-likeness (QED) is 0.826. The van der Waals surface area contributed by atoms with Gasteiger partial charge in [-0.15, -0.1) is 0 Å². The second-order valence-electron chi connectivity index (χ2n) is 6.67. The fourth-order valence-electron chi connectivity index (χ4n) is 4.31. The highest BCUT2D eigenvalue weighted by molar-refractivity contribution is 7.80. The zero-order valence-electron chi connectivity index (χ0n) is 12.4. The van der Waals surface area contributed by atoms with Crippen molar-refractivity contribution >= 4 is 22.9 Å². The normalized spacial score (nSPS) is 29.4. The molecule has 2 nitrogen and oxygen atoms in total. The Morgan fingerprint density at radius 1 is 1.35 bits per heavy atom. The van der Waals surface area contributed by atoms with Gasteiger partial charge < -0.3 is 11.1 Å². The molecule has 2 saturated carbocycles. The van der Waals surface area contributed by atoms with Crippen LogP contribution in [0.5, 0.6) is 0 Å². The van der Waals surface area contributed by atoms with Gasteiger partial charge in [0.05, 0.1) is 0 Å². The average Bonchev–Trinajstić information content (AvgIpc) is 3.00. The second kappa shape index (κ2) is 5.36. The topological polar surface area (TPSA) is 38.0 Å². The van der Waals surface area contributed by atoms with E-state index in [1.165, 1.54) is 31.4 Å². The Balaban J connectivity index is 1.68. The van der Waals surface area contributed by atoms with E-state index in [-0.39, 0.29) is 0 Å². The molecule has 0 aliphatic heterocycles. The number of anilines is 1. The van der Waals surface area contributed by atoms with E-state index < -0.39 is 0 Å². The van der Waals surface area contributed by atoms with Crippen molar-refractivity contribution in [3.63, 3.8) is 0 Å². The molecule has 0 spiro atoms. The highest BCUT2D eigenvalue weighted by Crippen LogP contribution is 2.49. The van der Waals surface area contributed by atoms with E-state index in [9.17, 15) is 0 Å². The number of nitrogens with one attached hydrogen (secondary N) is 1. The highest BCUT2D eigenvalue weighted by Gasteiger charge is 2.41. The maximum Gasteiger partial charge on any atom is 0.104 e. The summed E-state index contributed by atoms with van der Waals surface area (Å²) < 4.78 is 0. The molecular weight excluding hydrogens is 264 g/mol. The van der Waals surface area contributed by atoms with Crippen LogP contribution in [0, 0.1) is 24.7 Å². The van der Waals surface area contributed by atoms with Gasteiger partial charge in [0, 0.05) is 17.3 Å². The van der Waals surface area contributed by atoms with Crippen molar-refractivity contribution in [3.05, 3.63) is 29.3 Å². The van der Waals surface area contributed by atoms with Crippen LogP contribution < -0.4 is 11.1 Å². The lowest BCUT2D eigenvalue weighted by Crippen LogP contribution is -2.30. The summed E-state index contributed by atoms with van der Waals surface area (Å²) in [6.07, 6.45) is 5.80. The van der Waals surface area contributed by atoms with Gasteiger partial charge in [0.25, 0.3) is 0 Å². The molecule has 108 valence electrons. The van der Waals surface area contributed by atoms with Crippen LogP contribution in [0.4, 0.5) is 5.69 Å². The fraction of sp³-hybridized carbons (Fsp3) is 0.588. The predicted octanol–water partition coefficient (Wildman–Crippen LogP) is 3.87. The molecule has 3 heteroatoms. The van der Waals surface area contributed by atoms with Crippen LogP contribution in [0.25, 0.3) is 0 Å². The van der Waals surface area contributed by atoms with Crippen LogP contribution in [0.3, 0.4) is 0 Å². The number of benzene rings is 1. The minimum Gasteiger partial charge on any atom is -0.389 e. The molecule has 1 aromatic carbocycles. The van der Waals surface area contributed by atoms with Crippen LogP contribution in [0.2, 0.25) is 0 Å². The van der Waals surface area contributed by atoms with E-state index in [0.29, 0.717) is 11.0 Å². The SMILES string of the molecule is Cc1cc(NC(C)C2CC3CCC2C3)ccc1C(N)=S. The number of hydrogen-bond donors (Lipinski definition) is 2. The molecule has 2 fully saturated rings. The molecule has 0 heterocycles. The van der Waals surface area contributed by atoms with Crippen molar-refractivity contribution in [2.45, 2.75) is 45.6 Å². The molecule has 1 aromatic rings. The number of fused-ring (bicyclic) bond motifs is 2. The van der Waals surface area contributed by atoms with Gasteiger partial charge in [-0.2, -0.15) is 0 Å². The van der Waals surface area contributed by atoms with Gasteiger partial charge in [-0.25, -0.2) is 0 Å². The van der Waals surface area contributed by atoms with Gasteiger partial charge in [0.15, 0.2) is 0 Å². The Kier molecular flexibility index (Phi) is 3.72. The van der Waals surface area contributed by atoms with Crippen molar-refractivity contribution < 1.29 is 0 Å². The third-order valence-electron chi connectivity index (χ3n) is 5.32. The molecule has 0 amide bonds. The van der Waals surface area contributed by atoms with E-state index in [1.807, 2.05) is 6.07 Å². The average molecular weight is 288 g/mol. The third-order valence-corrected chi connectivity index (χ3v) is 5.54. The Bertz CT molecular complexity index is 526. The first-order chi connectivity index (χ1) is 9.54. The van der Waals surface area contributed by atoms with E-state index >= 15 is 0 Å². The van der Waals surface area contributed by atoms with Crippen molar-refractivity contribution in [3.8, 4) is 0 Å². The Morgan fingerprint density at radius 3 is 2.70 bits per heavy atom. The molecular formula is C17H24N2S. The largest absolute Gasteiger partial charge is 0.389 e. The maximum absolute atomic E-state index is 5.72. The van der Waals surface area contributed by atoms with Crippen LogP contribution in [-0.4, -0.2) is 11.0 Å². The second-order valence-corrected chi connectivity index (χ2v) is 7.11. The summed E-state index contributed by atoms with van der Waals surface area (Å²) in [6.45, 7) is 4.41. The Morgan fingerprint density at radius 2 is 2.15 bits per heavy atom. The van der Waals surface area contributed by atoms with E-state index in [0.717, 1.165) is 28.9 Å². The third kappa shape index (κ3) is 2.56. The maximum atomic E-state index is 5.72. The smallest absolute Gasteiger partial charge is 0.104 e. The van der Waals surface area contributed by atoms with E-state index in [2.05, 4.69) is 31.3 Å². The molecule has 2 aliphatic carbocycles. The number of aryl methyl sites for hydroxylation is 1. The molecule has 4 atom stereocenters. The van der Waals surface area contributed by atoms with Crippen molar-refractivity contribution in [1.29, 1.82) is 0 Å². The molecule has 0 aromatic heterocycles. The molecule has 3 rings (SSSR count). The molecule has 0 saturated heterocycles. The lowest BCUT2D eigenvalue weighted by Gasteiger charge is -2.29. The minimum absolute atomic E-state index is 0.482. The lowest BCUT2D eigenvalue weighted by molar-refractivity contribution is 0.304. The zero-order chi connectivity index (χ0) is 14.3. The summed E-state index contributed by atoms with van der Waals surface area (Å²) in [5.41, 5.74) is 9.05. The van der Waals surface area contributed by atoms with Gasteiger partial charge in [-0.05, 0) is 74.6 Å². The summed E-state index contributed by atoms with van der Waals surface area (Å²) in [4.78, 5) is 0.482. The first-order valence-corrected chi connectivity index (χ1v) is 8.12. The number of nitrogens with two attached hydrogens (primary N) is 1. The van der Waals surface area contributed by atoms with E-state index in [1.54, 1.807) is 0 Å². The number of hydrogen-bond acceptors (Lipinski definition) is 2. The Labute approximate surface area is 127 Å². The van der Waals surface area contributed by atoms with Crippen LogP contribution >= 0.6 is 12.2 Å². The fourth-order valence-corrected chi connectivity index (χ4v) is 4.54. The Hall–Kier alpha value is -1.09. The minimum atomic E-state index is 0.482. The van der Waals surface area contributed by atoms with Crippen LogP contribution in [-0.2, 0) is 0 Å². The molecule has 2 bridgehead atoms. The number of rotatable bonds is 4. The van der Waals surface area contributed by atoms with Crippen molar-refractivity contribution in [1.82, 2.24) is 0 Å². The number of thiocarbonyl (C=S) groups is 1. The van der Waals surface area contributed by atoms with E-state index in [4.69, 9.17) is 18.0 Å². The molecule has 3 N–H and O–H groups in total. The monoisotopic (exact) mass is 288 g/mol. The van der Waals surface area contributed by atoms with Crippen molar-refractivity contribution in [2.75, 3.05) is 5.32 Å². The van der Waals surface area contributed by atoms with Gasteiger partial charge in [0.1, 0.15) is 4.99 Å². The van der Waals surface area contributed by atoms with Crippen LogP contribution in [0.15, 0.2) is 18.2 Å². The first-order valence-electron chi connectivity index (χ1n) is 7.71. The summed E-state index contributed by atoms with van der Waals surface area (Å²) in [7, 11) is 0. The molecule has 2 aliphatic rings. The molecule has 20 heavy (non-hydrogen) atoms. The van der Waals surface area contributed by atoms with Gasteiger partial charge >= 0.3 is 0 Å². The van der Waals surface area contributed by atoms with Crippen molar-refractivity contribution in [2.24, 2.45) is 23.5 Å². The molecule has 4 unspecified atom stereocenters. The summed E-state index contributed by atoms with van der Waals surface area (Å²) >= 11 is 5.06. The van der Waals surface area contributed by atoms with Gasteiger partial charge in [-0.3, -0.25) is 0 Å². The standard InChI is InChI=1S/C17H24N2S/c1-10-7-14(5-6-15(10)17(18)20)19-11(2)16-9-12-3-4-13(16)8-12/h5-7,11-13,16,19H,3-4,8-9H2,1-2H3,(H2,18,20). The molecule has 0 radical (unpaired) electrons. The highest BCUT2D eigenvalue weighted by atomic mass is 32.1. The van der Waals surface area contributed by atoms with Gasteiger partial charge in [-0.1, -0.05) is 18.6 Å². The summed E-state index contributed by atoms with van der Waals surface area (Å²) in [6, 6.07) is 6.86.